The normalized spacial score (nSPS) is 14.1. The molecule has 104 valence electrons. The second kappa shape index (κ2) is 7.81. The van der Waals surface area contributed by atoms with Gasteiger partial charge in [-0.1, -0.05) is 30.3 Å². The standard InChI is InChI=1S/C13H18N2O3S/c1-2-18-13(17)11(9-6-4-3-5-7-9)15-12(16)10(14)8-19/h3-7,10-11,19H,2,8,14H2,1H3,(H,15,16)/t10-,11?/m0/s1/i/hD. The van der Waals surface area contributed by atoms with E-state index in [2.05, 4.69) is 23.7 Å². The average Bonchev–Trinajstić information content (AvgIpc) is 2.47. The van der Waals surface area contributed by atoms with Crippen molar-refractivity contribution in [2.75, 3.05) is 12.4 Å². The van der Waals surface area contributed by atoms with Crippen molar-refractivity contribution < 1.29 is 15.7 Å². The third-order valence-electron chi connectivity index (χ3n) is 2.44. The van der Waals surface area contributed by atoms with Crippen molar-refractivity contribution in [3.8, 4) is 0 Å². The Balaban J connectivity index is 2.89. The Bertz CT molecular complexity index is 441. The van der Waals surface area contributed by atoms with Crippen LogP contribution in [0.25, 0.3) is 0 Å². The van der Waals surface area contributed by atoms with Crippen LogP contribution in [0, 0.1) is 0 Å². The number of esters is 1. The van der Waals surface area contributed by atoms with Gasteiger partial charge in [0.25, 0.3) is 0 Å². The number of benzene rings is 1. The summed E-state index contributed by atoms with van der Waals surface area (Å²) in [5.41, 5.74) is 2.72. The summed E-state index contributed by atoms with van der Waals surface area (Å²) in [5, 5.41) is 2.57. The van der Waals surface area contributed by atoms with Crippen LogP contribution in [0.5, 0.6) is 0 Å². The number of carbonyl (C=O) groups is 2. The highest BCUT2D eigenvalue weighted by molar-refractivity contribution is 7.80. The van der Waals surface area contributed by atoms with Crippen molar-refractivity contribution in [2.45, 2.75) is 19.0 Å². The number of hydrogen-bond donors (Lipinski definition) is 3. The summed E-state index contributed by atoms with van der Waals surface area (Å²) < 4.78 is 12.0. The van der Waals surface area contributed by atoms with Crippen LogP contribution in [0.4, 0.5) is 0 Å². The molecule has 0 aliphatic heterocycles. The molecule has 1 aromatic rings. The van der Waals surface area contributed by atoms with Gasteiger partial charge in [0.2, 0.25) is 5.91 Å². The SMILES string of the molecule is [2H]N[C@@H](CS)C(=O)NC(C(=O)OCC)c1ccccc1. The Labute approximate surface area is 119 Å². The van der Waals surface area contributed by atoms with Crippen LogP contribution in [0.2, 0.25) is 1.41 Å². The number of thiol groups is 1. The number of amides is 1. The lowest BCUT2D eigenvalue weighted by molar-refractivity contribution is -0.147. The largest absolute Gasteiger partial charge is 0.464 e. The summed E-state index contributed by atoms with van der Waals surface area (Å²) in [6.07, 6.45) is 0. The highest BCUT2D eigenvalue weighted by Gasteiger charge is 2.25. The maximum absolute atomic E-state index is 12.0. The molecule has 0 saturated carbocycles. The molecule has 0 fully saturated rings. The van der Waals surface area contributed by atoms with E-state index in [1.165, 1.54) is 0 Å². The first-order valence-electron chi connectivity index (χ1n) is 6.44. The highest BCUT2D eigenvalue weighted by atomic mass is 32.1. The topological polar surface area (TPSA) is 81.4 Å². The molecule has 0 aliphatic rings. The lowest BCUT2D eigenvalue weighted by Crippen LogP contribution is -2.45. The monoisotopic (exact) mass is 283 g/mol. The van der Waals surface area contributed by atoms with Gasteiger partial charge in [0.15, 0.2) is 6.04 Å². The van der Waals surface area contributed by atoms with Crippen molar-refractivity contribution in [1.29, 1.82) is 0 Å². The lowest BCUT2D eigenvalue weighted by Gasteiger charge is -2.19. The first-order chi connectivity index (χ1) is 9.63. The summed E-state index contributed by atoms with van der Waals surface area (Å²) in [6, 6.07) is 7.13. The average molecular weight is 283 g/mol. The number of rotatable bonds is 7. The zero-order chi connectivity index (χ0) is 15.0. The maximum Gasteiger partial charge on any atom is 0.333 e. The van der Waals surface area contributed by atoms with E-state index in [0.717, 1.165) is 0 Å². The van der Waals surface area contributed by atoms with Gasteiger partial charge in [-0.05, 0) is 12.5 Å². The highest BCUT2D eigenvalue weighted by Crippen LogP contribution is 2.14. The molecule has 1 amide bonds. The van der Waals surface area contributed by atoms with Gasteiger partial charge in [-0.2, -0.15) is 12.6 Å². The van der Waals surface area contributed by atoms with Crippen molar-refractivity contribution >= 4 is 24.5 Å². The van der Waals surface area contributed by atoms with E-state index < -0.39 is 24.0 Å². The Morgan fingerprint density at radius 2 is 2.16 bits per heavy atom. The van der Waals surface area contributed by atoms with Crippen molar-refractivity contribution in [3.05, 3.63) is 35.9 Å². The Morgan fingerprint density at radius 3 is 2.68 bits per heavy atom. The van der Waals surface area contributed by atoms with Gasteiger partial charge >= 0.3 is 5.97 Å². The van der Waals surface area contributed by atoms with E-state index in [0.29, 0.717) is 5.56 Å². The quantitative estimate of drug-likeness (QED) is 0.507. The minimum atomic E-state index is -0.889. The molecule has 3 N–H and O–H groups in total. The minimum Gasteiger partial charge on any atom is -0.464 e. The van der Waals surface area contributed by atoms with E-state index in [9.17, 15) is 9.59 Å². The van der Waals surface area contributed by atoms with Gasteiger partial charge < -0.3 is 15.8 Å². The summed E-state index contributed by atoms with van der Waals surface area (Å²) in [7, 11) is 0. The third kappa shape index (κ3) is 4.57. The molecule has 6 heteroatoms. The van der Waals surface area contributed by atoms with Gasteiger partial charge in [-0.15, -0.1) is 0 Å². The second-order valence-electron chi connectivity index (χ2n) is 3.84. The van der Waals surface area contributed by atoms with Crippen LogP contribution < -0.4 is 11.0 Å². The first kappa shape index (κ1) is 13.9. The molecule has 0 aliphatic carbocycles. The molecule has 2 atom stereocenters. The Morgan fingerprint density at radius 1 is 1.47 bits per heavy atom. The predicted molar refractivity (Wildman–Crippen MR) is 75.8 cm³/mol. The number of nitrogens with one attached hydrogen (secondary N) is 1. The van der Waals surface area contributed by atoms with E-state index in [-0.39, 0.29) is 12.4 Å². The van der Waals surface area contributed by atoms with E-state index in [4.69, 9.17) is 6.15 Å². The molecular weight excluding hydrogens is 264 g/mol. The van der Waals surface area contributed by atoms with Crippen LogP contribution in [-0.2, 0) is 14.3 Å². The summed E-state index contributed by atoms with van der Waals surface area (Å²) in [5.74, 6) is -0.855. The molecule has 0 heterocycles. The molecule has 0 radical (unpaired) electrons. The first-order valence-corrected chi connectivity index (χ1v) is 6.57. The lowest BCUT2D eigenvalue weighted by atomic mass is 10.1. The van der Waals surface area contributed by atoms with Crippen LogP contribution >= 0.6 is 12.6 Å². The number of nitrogens with two attached hydrogens (primary N) is 1. The summed E-state index contributed by atoms with van der Waals surface area (Å²) >= 11 is 3.98. The molecule has 0 saturated heterocycles. The Kier molecular flexibility index (Phi) is 5.71. The molecule has 0 bridgehead atoms. The molecule has 5 nitrogen and oxygen atoms in total. The molecule has 1 aromatic carbocycles. The molecule has 19 heavy (non-hydrogen) atoms. The second-order valence-corrected chi connectivity index (χ2v) is 4.20. The van der Waals surface area contributed by atoms with Crippen LogP contribution in [0.1, 0.15) is 18.5 Å². The van der Waals surface area contributed by atoms with Gasteiger partial charge in [-0.25, -0.2) is 4.79 Å². The number of ether oxygens (including phenoxy) is 1. The Hall–Kier alpha value is -1.53. The zero-order valence-electron chi connectivity index (χ0n) is 11.6. The molecule has 0 spiro atoms. The van der Waals surface area contributed by atoms with Gasteiger partial charge in [-0.3, -0.25) is 4.79 Å². The maximum atomic E-state index is 12.0. The fraction of sp³-hybridized carbons (Fsp3) is 0.385. The molecule has 1 unspecified atom stereocenters. The van der Waals surface area contributed by atoms with Crippen molar-refractivity contribution in [3.63, 3.8) is 0 Å². The van der Waals surface area contributed by atoms with Crippen LogP contribution in [0.3, 0.4) is 0 Å². The van der Waals surface area contributed by atoms with E-state index >= 15 is 0 Å². The van der Waals surface area contributed by atoms with Crippen LogP contribution in [-0.4, -0.2) is 30.3 Å². The van der Waals surface area contributed by atoms with E-state index in [1.54, 1.807) is 31.2 Å². The van der Waals surface area contributed by atoms with E-state index in [1.807, 2.05) is 6.07 Å². The van der Waals surface area contributed by atoms with Crippen molar-refractivity contribution in [1.82, 2.24) is 5.32 Å². The minimum absolute atomic E-state index is 0.152. The molecule has 1 rings (SSSR count). The molecule has 0 aromatic heterocycles. The zero-order valence-corrected chi connectivity index (χ0v) is 11.5. The fourth-order valence-corrected chi connectivity index (χ4v) is 1.64. The smallest absolute Gasteiger partial charge is 0.333 e. The summed E-state index contributed by atoms with van der Waals surface area (Å²) in [4.78, 5) is 23.9. The number of carbonyl (C=O) groups excluding carboxylic acids is 2. The number of hydrogen-bond acceptors (Lipinski definition) is 5. The van der Waals surface area contributed by atoms with Crippen LogP contribution in [0.15, 0.2) is 30.3 Å². The summed E-state index contributed by atoms with van der Waals surface area (Å²) in [6.45, 7) is 1.92. The third-order valence-corrected chi connectivity index (χ3v) is 2.81. The van der Waals surface area contributed by atoms with Gasteiger partial charge in [0, 0.05) is 5.75 Å². The fourth-order valence-electron chi connectivity index (χ4n) is 1.48. The van der Waals surface area contributed by atoms with Gasteiger partial charge in [0.1, 0.15) is 1.41 Å². The molecular formula is C13H18N2O3S. The van der Waals surface area contributed by atoms with Gasteiger partial charge in [0.05, 0.1) is 12.6 Å². The van der Waals surface area contributed by atoms with Crippen molar-refractivity contribution in [2.24, 2.45) is 5.73 Å². The predicted octanol–water partition coefficient (Wildman–Crippen LogP) is 0.664.